The average Bonchev–Trinajstić information content (AvgIpc) is 3.30. The van der Waals surface area contributed by atoms with E-state index < -0.39 is 11.9 Å². The van der Waals surface area contributed by atoms with Crippen LogP contribution in [-0.2, 0) is 4.74 Å². The average molecular weight is 467 g/mol. The molecular weight excluding hydrogens is 440 g/mol. The Morgan fingerprint density at radius 1 is 1.15 bits per heavy atom. The second kappa shape index (κ2) is 11.4. The second-order valence-corrected chi connectivity index (χ2v) is 8.38. The van der Waals surface area contributed by atoms with Gasteiger partial charge in [-0.3, -0.25) is 4.79 Å². The molecule has 2 N–H and O–H groups in total. The number of rotatable bonds is 9. The van der Waals surface area contributed by atoms with Crippen molar-refractivity contribution in [1.29, 1.82) is 0 Å². The van der Waals surface area contributed by atoms with Crippen molar-refractivity contribution >= 4 is 41.1 Å². The van der Waals surface area contributed by atoms with Crippen LogP contribution in [0.15, 0.2) is 47.8 Å². The molecule has 0 bridgehead atoms. The highest BCUT2D eigenvalue weighted by Crippen LogP contribution is 2.22. The third-order valence-electron chi connectivity index (χ3n) is 4.64. The lowest BCUT2D eigenvalue weighted by molar-refractivity contribution is 0.0600. The lowest BCUT2D eigenvalue weighted by atomic mass is 10.1. The maximum atomic E-state index is 12.9. The van der Waals surface area contributed by atoms with Gasteiger partial charge in [0.2, 0.25) is 0 Å². The summed E-state index contributed by atoms with van der Waals surface area (Å²) in [4.78, 5) is 29.4. The van der Waals surface area contributed by atoms with Gasteiger partial charge in [-0.25, -0.2) is 9.78 Å². The Hall–Kier alpha value is -3.49. The lowest BCUT2D eigenvalue weighted by Gasteiger charge is -2.11. The van der Waals surface area contributed by atoms with Gasteiger partial charge in [-0.05, 0) is 47.9 Å². The molecule has 0 aliphatic heterocycles. The highest BCUT2D eigenvalue weighted by Gasteiger charge is 2.15. The summed E-state index contributed by atoms with van der Waals surface area (Å²) in [5, 5.41) is 14.8. The van der Waals surface area contributed by atoms with Gasteiger partial charge in [0.1, 0.15) is 17.4 Å². The Morgan fingerprint density at radius 2 is 1.94 bits per heavy atom. The predicted octanol–water partition coefficient (Wildman–Crippen LogP) is 4.85. The largest absolute Gasteiger partial charge is 0.491 e. The van der Waals surface area contributed by atoms with Crippen molar-refractivity contribution in [3.05, 3.63) is 75.2 Å². The maximum absolute atomic E-state index is 12.9. The quantitative estimate of drug-likeness (QED) is 0.438. The van der Waals surface area contributed by atoms with Gasteiger partial charge in [0.05, 0.1) is 25.0 Å². The summed E-state index contributed by atoms with van der Waals surface area (Å²) in [5.41, 5.74) is 2.99. The number of carbonyl (C=O) groups is 2. The molecule has 1 aromatic heterocycles. The highest BCUT2D eigenvalue weighted by molar-refractivity contribution is 7.10. The van der Waals surface area contributed by atoms with Crippen molar-refractivity contribution < 1.29 is 24.2 Å². The Bertz CT molecular complexity index is 1150. The molecule has 172 valence electrons. The first-order valence-corrected chi connectivity index (χ1v) is 11.3. The minimum absolute atomic E-state index is 0.0395. The summed E-state index contributed by atoms with van der Waals surface area (Å²) in [5.74, 6) is -0.321. The smallest absolute Gasteiger partial charge is 0.338 e. The predicted molar refractivity (Wildman–Crippen MR) is 130 cm³/mol. The van der Waals surface area contributed by atoms with Gasteiger partial charge in [0.25, 0.3) is 5.91 Å². The number of anilines is 1. The fourth-order valence-electron chi connectivity index (χ4n) is 2.95. The molecule has 7 nitrogen and oxygen atoms in total. The van der Waals surface area contributed by atoms with Gasteiger partial charge in [-0.15, -0.1) is 11.3 Å². The fraction of sp³-hybridized carbons (Fsp3) is 0.240. The van der Waals surface area contributed by atoms with Crippen LogP contribution in [-0.4, -0.2) is 42.3 Å². The number of aliphatic hydroxyl groups is 1. The second-order valence-electron chi connectivity index (χ2n) is 7.49. The van der Waals surface area contributed by atoms with Crippen LogP contribution in [0, 0.1) is 0 Å². The first-order chi connectivity index (χ1) is 15.9. The van der Waals surface area contributed by atoms with Crippen LogP contribution in [0.4, 0.5) is 5.69 Å². The summed E-state index contributed by atoms with van der Waals surface area (Å²) >= 11 is 1.59. The zero-order valence-electron chi connectivity index (χ0n) is 18.7. The van der Waals surface area contributed by atoms with Crippen molar-refractivity contribution in [2.24, 2.45) is 0 Å². The number of aliphatic hydroxyl groups excluding tert-OH is 1. The van der Waals surface area contributed by atoms with Gasteiger partial charge in [-0.1, -0.05) is 32.1 Å². The number of nitrogens with zero attached hydrogens (tertiary/aromatic N) is 1. The summed E-state index contributed by atoms with van der Waals surface area (Å²) in [6, 6.07) is 11.8. The number of hydrogen-bond donors (Lipinski definition) is 2. The SMILES string of the molecule is COC(=O)c1cc(OCCO)cc(C(=O)Nc2cccc(C=Cc3nc(C(C)C)cs3)c2)c1. The maximum Gasteiger partial charge on any atom is 0.338 e. The molecule has 2 aromatic carbocycles. The zero-order valence-corrected chi connectivity index (χ0v) is 19.5. The standard InChI is InChI=1S/C25H26N2O5S/c1-16(2)22-15-33-23(27-22)8-7-17-5-4-6-20(11-17)26-24(29)18-12-19(25(30)31-3)14-21(13-18)32-10-9-28/h4-8,11-16,28H,9-10H2,1-3H3,(H,26,29). The van der Waals surface area contributed by atoms with Gasteiger partial charge < -0.3 is 19.9 Å². The van der Waals surface area contributed by atoms with Gasteiger partial charge in [0.15, 0.2) is 0 Å². The number of aromatic nitrogens is 1. The number of esters is 1. The molecule has 33 heavy (non-hydrogen) atoms. The molecule has 0 aliphatic rings. The number of ether oxygens (including phenoxy) is 2. The van der Waals surface area contributed by atoms with Crippen LogP contribution in [0.25, 0.3) is 12.2 Å². The molecule has 0 unspecified atom stereocenters. The molecule has 0 saturated carbocycles. The summed E-state index contributed by atoms with van der Waals surface area (Å²) in [6.07, 6.45) is 3.89. The first kappa shape index (κ1) is 24.2. The van der Waals surface area contributed by atoms with Crippen LogP contribution in [0.5, 0.6) is 5.75 Å². The lowest BCUT2D eigenvalue weighted by Crippen LogP contribution is -2.14. The highest BCUT2D eigenvalue weighted by atomic mass is 32.1. The van der Waals surface area contributed by atoms with Crippen LogP contribution >= 0.6 is 11.3 Å². The minimum atomic E-state index is -0.589. The van der Waals surface area contributed by atoms with E-state index in [4.69, 9.17) is 14.6 Å². The summed E-state index contributed by atoms with van der Waals surface area (Å²) in [7, 11) is 1.26. The van der Waals surface area contributed by atoms with E-state index in [1.807, 2.05) is 30.4 Å². The monoisotopic (exact) mass is 466 g/mol. The third kappa shape index (κ3) is 6.74. The molecule has 0 radical (unpaired) electrons. The minimum Gasteiger partial charge on any atom is -0.491 e. The zero-order chi connectivity index (χ0) is 23.8. The Morgan fingerprint density at radius 3 is 2.64 bits per heavy atom. The molecule has 0 spiro atoms. The van der Waals surface area contributed by atoms with E-state index in [9.17, 15) is 9.59 Å². The van der Waals surface area contributed by atoms with E-state index in [2.05, 4.69) is 29.5 Å². The third-order valence-corrected chi connectivity index (χ3v) is 5.47. The van der Waals surface area contributed by atoms with Gasteiger partial charge >= 0.3 is 5.97 Å². The summed E-state index contributed by atoms with van der Waals surface area (Å²) < 4.78 is 10.1. The van der Waals surface area contributed by atoms with Crippen LogP contribution in [0.3, 0.4) is 0 Å². The Kier molecular flexibility index (Phi) is 8.34. The molecule has 1 heterocycles. The van der Waals surface area contributed by atoms with E-state index in [1.54, 1.807) is 17.4 Å². The van der Waals surface area contributed by atoms with E-state index in [0.29, 0.717) is 11.6 Å². The van der Waals surface area contributed by atoms with Crippen LogP contribution in [0.1, 0.15) is 56.7 Å². The number of thiazole rings is 1. The van der Waals surface area contributed by atoms with Gasteiger partial charge in [-0.2, -0.15) is 0 Å². The Labute approximate surface area is 196 Å². The van der Waals surface area contributed by atoms with E-state index in [1.165, 1.54) is 25.3 Å². The first-order valence-electron chi connectivity index (χ1n) is 10.4. The molecule has 0 atom stereocenters. The van der Waals surface area contributed by atoms with Gasteiger partial charge in [0, 0.05) is 16.6 Å². The van der Waals surface area contributed by atoms with Crippen molar-refractivity contribution in [1.82, 2.24) is 4.98 Å². The van der Waals surface area contributed by atoms with E-state index >= 15 is 0 Å². The number of benzene rings is 2. The number of nitrogens with one attached hydrogen (secondary N) is 1. The number of carbonyl (C=O) groups excluding carboxylic acids is 2. The molecule has 0 saturated heterocycles. The van der Waals surface area contributed by atoms with Crippen molar-refractivity contribution in [2.45, 2.75) is 19.8 Å². The van der Waals surface area contributed by atoms with Crippen molar-refractivity contribution in [3.8, 4) is 5.75 Å². The Balaban J connectivity index is 1.77. The molecule has 3 aromatic rings. The summed E-state index contributed by atoms with van der Waals surface area (Å²) in [6.45, 7) is 4.07. The fourth-order valence-corrected chi connectivity index (χ4v) is 3.82. The van der Waals surface area contributed by atoms with E-state index in [0.717, 1.165) is 16.3 Å². The number of amides is 1. The van der Waals surface area contributed by atoms with Crippen LogP contribution in [0.2, 0.25) is 0 Å². The molecule has 0 aliphatic carbocycles. The molecule has 8 heteroatoms. The molecule has 3 rings (SSSR count). The topological polar surface area (TPSA) is 97.8 Å². The molecular formula is C25H26N2O5S. The normalized spacial score (nSPS) is 11.1. The van der Waals surface area contributed by atoms with Crippen molar-refractivity contribution in [3.63, 3.8) is 0 Å². The molecule has 1 amide bonds. The number of methoxy groups -OCH3 is 1. The van der Waals surface area contributed by atoms with E-state index in [-0.39, 0.29) is 30.1 Å². The molecule has 0 fully saturated rings. The van der Waals surface area contributed by atoms with Crippen LogP contribution < -0.4 is 10.1 Å². The number of hydrogen-bond acceptors (Lipinski definition) is 7. The van der Waals surface area contributed by atoms with Crippen molar-refractivity contribution in [2.75, 3.05) is 25.6 Å².